The summed E-state index contributed by atoms with van der Waals surface area (Å²) in [4.78, 5) is 0. The van der Waals surface area contributed by atoms with Crippen molar-refractivity contribution in [2.75, 3.05) is 7.11 Å². The van der Waals surface area contributed by atoms with E-state index in [-0.39, 0.29) is 5.54 Å². The molecule has 1 aliphatic rings. The first kappa shape index (κ1) is 13.4. The molecule has 100 valence electrons. The van der Waals surface area contributed by atoms with Crippen molar-refractivity contribution in [3.8, 4) is 5.75 Å². The van der Waals surface area contributed by atoms with E-state index in [9.17, 15) is 0 Å². The van der Waals surface area contributed by atoms with Crippen molar-refractivity contribution in [3.63, 3.8) is 0 Å². The van der Waals surface area contributed by atoms with Crippen LogP contribution >= 0.6 is 0 Å². The van der Waals surface area contributed by atoms with Gasteiger partial charge in [-0.3, -0.25) is 0 Å². The molecule has 0 aliphatic heterocycles. The van der Waals surface area contributed by atoms with Crippen molar-refractivity contribution < 1.29 is 4.74 Å². The fraction of sp³-hybridized carbons (Fsp3) is 0.625. The lowest BCUT2D eigenvalue weighted by Crippen LogP contribution is -2.52. The van der Waals surface area contributed by atoms with Gasteiger partial charge in [0.2, 0.25) is 0 Å². The Balaban J connectivity index is 2.21. The minimum Gasteiger partial charge on any atom is -0.496 e. The second-order valence-electron chi connectivity index (χ2n) is 5.88. The maximum absolute atomic E-state index is 6.69. The van der Waals surface area contributed by atoms with E-state index in [0.717, 1.165) is 24.5 Å². The third kappa shape index (κ3) is 2.54. The average molecular weight is 247 g/mol. The summed E-state index contributed by atoms with van der Waals surface area (Å²) in [7, 11) is 1.73. The number of rotatable bonds is 3. The summed E-state index contributed by atoms with van der Waals surface area (Å²) in [6.45, 7) is 4.63. The summed E-state index contributed by atoms with van der Waals surface area (Å²) in [5.74, 6) is 2.25. The van der Waals surface area contributed by atoms with Crippen molar-refractivity contribution in [2.24, 2.45) is 17.6 Å². The van der Waals surface area contributed by atoms with Crippen molar-refractivity contribution in [3.05, 3.63) is 29.8 Å². The summed E-state index contributed by atoms with van der Waals surface area (Å²) < 4.78 is 5.44. The third-order valence-corrected chi connectivity index (χ3v) is 4.77. The molecule has 3 atom stereocenters. The van der Waals surface area contributed by atoms with Gasteiger partial charge in [-0.2, -0.15) is 0 Å². The fourth-order valence-electron chi connectivity index (χ4n) is 3.25. The van der Waals surface area contributed by atoms with E-state index < -0.39 is 0 Å². The van der Waals surface area contributed by atoms with Crippen LogP contribution < -0.4 is 10.5 Å². The molecule has 0 amide bonds. The van der Waals surface area contributed by atoms with Gasteiger partial charge in [0, 0.05) is 5.54 Å². The number of ether oxygens (including phenoxy) is 1. The van der Waals surface area contributed by atoms with E-state index in [4.69, 9.17) is 10.5 Å². The molecule has 1 saturated carbocycles. The van der Waals surface area contributed by atoms with E-state index in [0.29, 0.717) is 5.92 Å². The number of benzene rings is 1. The van der Waals surface area contributed by atoms with Gasteiger partial charge in [0.15, 0.2) is 0 Å². The van der Waals surface area contributed by atoms with Gasteiger partial charge in [-0.15, -0.1) is 0 Å². The van der Waals surface area contributed by atoms with Crippen LogP contribution in [0, 0.1) is 11.8 Å². The molecule has 0 aromatic heterocycles. The maximum atomic E-state index is 6.69. The zero-order valence-electron chi connectivity index (χ0n) is 11.8. The molecular formula is C16H25NO. The molecule has 1 fully saturated rings. The van der Waals surface area contributed by atoms with Crippen LogP contribution in [0.1, 0.15) is 38.7 Å². The quantitative estimate of drug-likeness (QED) is 0.888. The second-order valence-corrected chi connectivity index (χ2v) is 5.88. The van der Waals surface area contributed by atoms with Crippen LogP contribution in [-0.4, -0.2) is 12.6 Å². The van der Waals surface area contributed by atoms with Crippen LogP contribution in [0.15, 0.2) is 24.3 Å². The number of nitrogens with two attached hydrogens (primary N) is 1. The maximum Gasteiger partial charge on any atom is 0.122 e. The molecule has 1 aromatic carbocycles. The topological polar surface area (TPSA) is 35.2 Å². The van der Waals surface area contributed by atoms with Crippen LogP contribution in [0.25, 0.3) is 0 Å². The first-order valence-corrected chi connectivity index (χ1v) is 6.97. The molecular weight excluding hydrogens is 222 g/mol. The standard InChI is InChI=1S/C16H25NO/c1-12-7-6-10-16(17,13(12)2)11-14-8-4-5-9-15(14)18-3/h4-5,8-9,12-13H,6-7,10-11,17H2,1-3H3. The molecule has 0 saturated heterocycles. The first-order valence-electron chi connectivity index (χ1n) is 6.97. The molecule has 1 aliphatic carbocycles. The van der Waals surface area contributed by atoms with Crippen LogP contribution in [-0.2, 0) is 6.42 Å². The monoisotopic (exact) mass is 247 g/mol. The largest absolute Gasteiger partial charge is 0.496 e. The van der Waals surface area contributed by atoms with Crippen molar-refractivity contribution in [1.82, 2.24) is 0 Å². The lowest BCUT2D eigenvalue weighted by molar-refractivity contribution is 0.142. The Morgan fingerprint density at radius 3 is 2.78 bits per heavy atom. The molecule has 0 radical (unpaired) electrons. The lowest BCUT2D eigenvalue weighted by atomic mass is 9.66. The van der Waals surface area contributed by atoms with Gasteiger partial charge in [-0.05, 0) is 36.3 Å². The summed E-state index contributed by atoms with van der Waals surface area (Å²) in [5.41, 5.74) is 7.86. The first-order chi connectivity index (χ1) is 8.57. The molecule has 3 unspecified atom stereocenters. The highest BCUT2D eigenvalue weighted by molar-refractivity contribution is 5.35. The highest BCUT2D eigenvalue weighted by atomic mass is 16.5. The number of para-hydroxylation sites is 1. The molecule has 0 bridgehead atoms. The van der Waals surface area contributed by atoms with E-state index in [1.165, 1.54) is 18.4 Å². The van der Waals surface area contributed by atoms with Gasteiger partial charge in [0.1, 0.15) is 5.75 Å². The molecule has 1 aromatic rings. The minimum absolute atomic E-state index is 0.0771. The average Bonchev–Trinajstić information content (AvgIpc) is 2.37. The Morgan fingerprint density at radius 2 is 2.06 bits per heavy atom. The van der Waals surface area contributed by atoms with Gasteiger partial charge >= 0.3 is 0 Å². The molecule has 2 N–H and O–H groups in total. The summed E-state index contributed by atoms with van der Waals surface area (Å²) in [5, 5.41) is 0. The third-order valence-electron chi connectivity index (χ3n) is 4.77. The molecule has 2 heteroatoms. The van der Waals surface area contributed by atoms with Gasteiger partial charge in [0.05, 0.1) is 7.11 Å². The summed E-state index contributed by atoms with van der Waals surface area (Å²) >= 11 is 0. The zero-order valence-corrected chi connectivity index (χ0v) is 11.8. The van der Waals surface area contributed by atoms with Gasteiger partial charge < -0.3 is 10.5 Å². The van der Waals surface area contributed by atoms with E-state index in [1.54, 1.807) is 7.11 Å². The SMILES string of the molecule is COc1ccccc1CC1(N)CCCC(C)C1C. The fourth-order valence-corrected chi connectivity index (χ4v) is 3.25. The Morgan fingerprint density at radius 1 is 1.33 bits per heavy atom. The normalized spacial score (nSPS) is 32.2. The van der Waals surface area contributed by atoms with E-state index in [1.807, 2.05) is 12.1 Å². The Bertz CT molecular complexity index is 404. The van der Waals surface area contributed by atoms with E-state index in [2.05, 4.69) is 26.0 Å². The predicted molar refractivity (Wildman–Crippen MR) is 75.8 cm³/mol. The lowest BCUT2D eigenvalue weighted by Gasteiger charge is -2.43. The van der Waals surface area contributed by atoms with Crippen molar-refractivity contribution >= 4 is 0 Å². The molecule has 0 heterocycles. The molecule has 2 nitrogen and oxygen atoms in total. The van der Waals surface area contributed by atoms with Crippen LogP contribution in [0.2, 0.25) is 0 Å². The number of hydrogen-bond acceptors (Lipinski definition) is 2. The van der Waals surface area contributed by atoms with Crippen molar-refractivity contribution in [1.29, 1.82) is 0 Å². The molecule has 0 spiro atoms. The van der Waals surface area contributed by atoms with Gasteiger partial charge in [-0.25, -0.2) is 0 Å². The highest BCUT2D eigenvalue weighted by Crippen LogP contribution is 2.39. The summed E-state index contributed by atoms with van der Waals surface area (Å²) in [6, 6.07) is 8.24. The Hall–Kier alpha value is -1.02. The smallest absolute Gasteiger partial charge is 0.122 e. The Kier molecular flexibility index (Phi) is 3.96. The highest BCUT2D eigenvalue weighted by Gasteiger charge is 2.38. The minimum atomic E-state index is -0.0771. The number of methoxy groups -OCH3 is 1. The second kappa shape index (κ2) is 5.31. The van der Waals surface area contributed by atoms with Crippen LogP contribution in [0.5, 0.6) is 5.75 Å². The van der Waals surface area contributed by atoms with Crippen LogP contribution in [0.4, 0.5) is 0 Å². The van der Waals surface area contributed by atoms with Gasteiger partial charge in [0.25, 0.3) is 0 Å². The Labute approximate surface area is 111 Å². The zero-order chi connectivity index (χ0) is 13.2. The summed E-state index contributed by atoms with van der Waals surface area (Å²) in [6.07, 6.45) is 4.60. The van der Waals surface area contributed by atoms with E-state index >= 15 is 0 Å². The number of hydrogen-bond donors (Lipinski definition) is 1. The molecule has 18 heavy (non-hydrogen) atoms. The van der Waals surface area contributed by atoms with Crippen molar-refractivity contribution in [2.45, 2.75) is 45.1 Å². The molecule has 2 rings (SSSR count). The predicted octanol–water partition coefficient (Wildman–Crippen LogP) is 3.39. The van der Waals surface area contributed by atoms with Gasteiger partial charge in [-0.1, -0.05) is 44.9 Å². The van der Waals surface area contributed by atoms with Crippen LogP contribution in [0.3, 0.4) is 0 Å².